The van der Waals surface area contributed by atoms with Crippen LogP contribution in [0.3, 0.4) is 0 Å². The molecule has 8 nitrogen and oxygen atoms in total. The second kappa shape index (κ2) is 7.93. The van der Waals surface area contributed by atoms with E-state index in [4.69, 9.17) is 4.74 Å². The van der Waals surface area contributed by atoms with Crippen LogP contribution in [0.5, 0.6) is 0 Å². The minimum atomic E-state index is -0.356. The first-order valence-corrected chi connectivity index (χ1v) is 9.49. The third-order valence-corrected chi connectivity index (χ3v) is 5.08. The lowest BCUT2D eigenvalue weighted by atomic mass is 10.1. The number of benzene rings is 1. The molecule has 1 saturated heterocycles. The molecule has 2 aliphatic heterocycles. The monoisotopic (exact) mass is 382 g/mol. The lowest BCUT2D eigenvalue weighted by Gasteiger charge is -2.17. The molecule has 2 aliphatic rings. The molecule has 0 bridgehead atoms. The first-order chi connectivity index (χ1) is 13.6. The highest BCUT2D eigenvalue weighted by molar-refractivity contribution is 6.22. The Hall–Kier alpha value is -3.00. The standard InChI is InChI=1S/C20H22N4O4/c25-18(22-6-2-8-23-9-7-21-13-23)14-4-5-16-17(11-14)20(27)24(19(16)26)12-15-3-1-10-28-15/h4-5,7,9,11,13,15H,1-3,6,8,10,12H2,(H,22,25). The predicted molar refractivity (Wildman–Crippen MR) is 100.0 cm³/mol. The summed E-state index contributed by atoms with van der Waals surface area (Å²) in [6, 6.07) is 4.66. The Balaban J connectivity index is 1.37. The fourth-order valence-corrected chi connectivity index (χ4v) is 3.57. The van der Waals surface area contributed by atoms with Gasteiger partial charge in [-0.15, -0.1) is 0 Å². The number of fused-ring (bicyclic) bond motifs is 1. The van der Waals surface area contributed by atoms with Gasteiger partial charge in [-0.25, -0.2) is 4.98 Å². The van der Waals surface area contributed by atoms with Crippen LogP contribution in [0.15, 0.2) is 36.9 Å². The summed E-state index contributed by atoms with van der Waals surface area (Å²) >= 11 is 0. The number of aromatic nitrogens is 2. The van der Waals surface area contributed by atoms with E-state index < -0.39 is 0 Å². The van der Waals surface area contributed by atoms with Gasteiger partial charge in [0.05, 0.1) is 30.1 Å². The average molecular weight is 382 g/mol. The van der Waals surface area contributed by atoms with E-state index in [1.165, 1.54) is 11.0 Å². The minimum Gasteiger partial charge on any atom is -0.376 e. The number of nitrogens with one attached hydrogen (secondary N) is 1. The van der Waals surface area contributed by atoms with Crippen LogP contribution in [-0.4, -0.2) is 58.0 Å². The molecule has 4 rings (SSSR count). The molecular formula is C20H22N4O4. The van der Waals surface area contributed by atoms with E-state index >= 15 is 0 Å². The zero-order valence-corrected chi connectivity index (χ0v) is 15.5. The van der Waals surface area contributed by atoms with Crippen LogP contribution in [-0.2, 0) is 11.3 Å². The summed E-state index contributed by atoms with van der Waals surface area (Å²) in [4.78, 5) is 42.8. The summed E-state index contributed by atoms with van der Waals surface area (Å²) in [5, 5.41) is 2.85. The van der Waals surface area contributed by atoms with Crippen LogP contribution >= 0.6 is 0 Å². The molecule has 0 aliphatic carbocycles. The van der Waals surface area contributed by atoms with Crippen molar-refractivity contribution in [2.24, 2.45) is 0 Å². The van der Waals surface area contributed by atoms with E-state index in [2.05, 4.69) is 10.3 Å². The molecule has 3 amide bonds. The van der Waals surface area contributed by atoms with E-state index in [-0.39, 0.29) is 35.9 Å². The summed E-state index contributed by atoms with van der Waals surface area (Å²) in [6.07, 6.45) is 7.77. The van der Waals surface area contributed by atoms with Gasteiger partial charge in [0.15, 0.2) is 0 Å². The highest BCUT2D eigenvalue weighted by atomic mass is 16.5. The number of hydrogen-bond acceptors (Lipinski definition) is 5. The minimum absolute atomic E-state index is 0.0968. The van der Waals surface area contributed by atoms with Gasteiger partial charge in [0.25, 0.3) is 17.7 Å². The van der Waals surface area contributed by atoms with Crippen molar-refractivity contribution in [3.8, 4) is 0 Å². The second-order valence-corrected chi connectivity index (χ2v) is 7.03. The fraction of sp³-hybridized carbons (Fsp3) is 0.400. The van der Waals surface area contributed by atoms with E-state index in [0.717, 1.165) is 25.8 Å². The molecule has 1 N–H and O–H groups in total. The van der Waals surface area contributed by atoms with Crippen LogP contribution in [0, 0.1) is 0 Å². The molecule has 0 saturated carbocycles. The number of imidazole rings is 1. The maximum absolute atomic E-state index is 12.7. The van der Waals surface area contributed by atoms with E-state index in [0.29, 0.717) is 24.3 Å². The fourth-order valence-electron chi connectivity index (χ4n) is 3.57. The van der Waals surface area contributed by atoms with Crippen LogP contribution < -0.4 is 5.32 Å². The first-order valence-electron chi connectivity index (χ1n) is 9.49. The van der Waals surface area contributed by atoms with Gasteiger partial charge in [0, 0.05) is 37.7 Å². The summed E-state index contributed by atoms with van der Waals surface area (Å²) in [5.74, 6) is -0.931. The normalized spacial score (nSPS) is 18.6. The number of imide groups is 1. The molecule has 2 aromatic rings. The number of rotatable bonds is 7. The molecule has 1 aromatic heterocycles. The highest BCUT2D eigenvalue weighted by Crippen LogP contribution is 2.26. The van der Waals surface area contributed by atoms with Crippen LogP contribution in [0.2, 0.25) is 0 Å². The largest absolute Gasteiger partial charge is 0.376 e. The first kappa shape index (κ1) is 18.4. The number of ether oxygens (including phenoxy) is 1. The van der Waals surface area contributed by atoms with Gasteiger partial charge < -0.3 is 14.6 Å². The van der Waals surface area contributed by atoms with Gasteiger partial charge in [-0.3, -0.25) is 19.3 Å². The molecule has 1 unspecified atom stereocenters. The number of hydrogen-bond donors (Lipinski definition) is 1. The maximum Gasteiger partial charge on any atom is 0.261 e. The van der Waals surface area contributed by atoms with Crippen molar-refractivity contribution in [2.45, 2.75) is 31.9 Å². The van der Waals surface area contributed by atoms with Crippen molar-refractivity contribution in [3.05, 3.63) is 53.6 Å². The lowest BCUT2D eigenvalue weighted by molar-refractivity contribution is 0.0475. The van der Waals surface area contributed by atoms with Crippen LogP contribution in [0.4, 0.5) is 0 Å². The molecular weight excluding hydrogens is 360 g/mol. The Morgan fingerprint density at radius 1 is 1.25 bits per heavy atom. The van der Waals surface area contributed by atoms with Gasteiger partial charge in [-0.05, 0) is 37.5 Å². The molecule has 8 heteroatoms. The highest BCUT2D eigenvalue weighted by Gasteiger charge is 2.37. The summed E-state index contributed by atoms with van der Waals surface area (Å²) in [5.41, 5.74) is 1.01. The molecule has 146 valence electrons. The number of amides is 3. The zero-order valence-electron chi connectivity index (χ0n) is 15.5. The Kier molecular flexibility index (Phi) is 5.21. The van der Waals surface area contributed by atoms with Gasteiger partial charge in [-0.1, -0.05) is 0 Å². The molecule has 0 spiro atoms. The third kappa shape index (κ3) is 3.68. The van der Waals surface area contributed by atoms with Crippen molar-refractivity contribution >= 4 is 17.7 Å². The molecule has 28 heavy (non-hydrogen) atoms. The van der Waals surface area contributed by atoms with E-state index in [1.54, 1.807) is 24.7 Å². The van der Waals surface area contributed by atoms with E-state index in [1.807, 2.05) is 10.8 Å². The van der Waals surface area contributed by atoms with Crippen molar-refractivity contribution in [1.82, 2.24) is 19.8 Å². The topological polar surface area (TPSA) is 93.5 Å². The van der Waals surface area contributed by atoms with Crippen molar-refractivity contribution in [2.75, 3.05) is 19.7 Å². The zero-order chi connectivity index (χ0) is 19.5. The SMILES string of the molecule is O=C(NCCCn1ccnc1)c1ccc2c(c1)C(=O)N(CC1CCCO1)C2=O. The predicted octanol–water partition coefficient (Wildman–Crippen LogP) is 1.48. The van der Waals surface area contributed by atoms with Gasteiger partial charge in [-0.2, -0.15) is 0 Å². The number of nitrogens with zero attached hydrogens (tertiary/aromatic N) is 3. The van der Waals surface area contributed by atoms with Gasteiger partial charge in [0.1, 0.15) is 0 Å². The van der Waals surface area contributed by atoms with Gasteiger partial charge in [0.2, 0.25) is 0 Å². The third-order valence-electron chi connectivity index (χ3n) is 5.08. The number of carbonyl (C=O) groups is 3. The summed E-state index contributed by atoms with van der Waals surface area (Å²) < 4.78 is 7.48. The molecule has 1 fully saturated rings. The van der Waals surface area contributed by atoms with Crippen LogP contribution in [0.1, 0.15) is 50.3 Å². The second-order valence-electron chi connectivity index (χ2n) is 7.03. The van der Waals surface area contributed by atoms with Crippen molar-refractivity contribution < 1.29 is 19.1 Å². The Morgan fingerprint density at radius 2 is 2.11 bits per heavy atom. The van der Waals surface area contributed by atoms with Crippen LogP contribution in [0.25, 0.3) is 0 Å². The summed E-state index contributed by atoms with van der Waals surface area (Å²) in [7, 11) is 0. The Bertz CT molecular complexity index is 888. The quantitative estimate of drug-likeness (QED) is 0.578. The average Bonchev–Trinajstić information content (AvgIpc) is 3.45. The molecule has 0 radical (unpaired) electrons. The van der Waals surface area contributed by atoms with Gasteiger partial charge >= 0.3 is 0 Å². The lowest BCUT2D eigenvalue weighted by Crippen LogP contribution is -2.36. The Labute approximate surface area is 162 Å². The Morgan fingerprint density at radius 3 is 2.86 bits per heavy atom. The smallest absolute Gasteiger partial charge is 0.261 e. The molecule has 1 atom stereocenters. The maximum atomic E-state index is 12.7. The van der Waals surface area contributed by atoms with Crippen molar-refractivity contribution in [1.29, 1.82) is 0 Å². The molecule has 1 aromatic carbocycles. The molecule has 3 heterocycles. The van der Waals surface area contributed by atoms with E-state index in [9.17, 15) is 14.4 Å². The number of aryl methyl sites for hydroxylation is 1. The summed E-state index contributed by atoms with van der Waals surface area (Å²) in [6.45, 7) is 2.20. The number of carbonyl (C=O) groups excluding carboxylic acids is 3. The van der Waals surface area contributed by atoms with Crippen molar-refractivity contribution in [3.63, 3.8) is 0 Å².